The Morgan fingerprint density at radius 3 is 2.55 bits per heavy atom. The maximum atomic E-state index is 10.6. The maximum Gasteiger partial charge on any atom is 0.303 e. The number of anilines is 3. The van der Waals surface area contributed by atoms with Crippen LogP contribution < -0.4 is 10.2 Å². The second-order valence-corrected chi connectivity index (χ2v) is 7.93. The molecule has 7 heteroatoms. The van der Waals surface area contributed by atoms with Gasteiger partial charge in [0.1, 0.15) is 17.8 Å². The number of H-pyrrole nitrogens is 1. The average molecular weight is 444 g/mol. The highest BCUT2D eigenvalue weighted by molar-refractivity contribution is 5.93. The van der Waals surface area contributed by atoms with Gasteiger partial charge in [-0.3, -0.25) is 4.79 Å². The van der Waals surface area contributed by atoms with Gasteiger partial charge in [0.25, 0.3) is 0 Å². The van der Waals surface area contributed by atoms with Gasteiger partial charge in [-0.2, -0.15) is 0 Å². The van der Waals surface area contributed by atoms with Gasteiger partial charge >= 0.3 is 5.97 Å². The summed E-state index contributed by atoms with van der Waals surface area (Å²) in [5, 5.41) is 13.1. The second-order valence-electron chi connectivity index (χ2n) is 7.93. The summed E-state index contributed by atoms with van der Waals surface area (Å²) in [5.41, 5.74) is 5.04. The molecule has 0 saturated heterocycles. The highest BCUT2D eigenvalue weighted by Gasteiger charge is 2.15. The minimum atomic E-state index is -0.726. The molecule has 0 saturated carbocycles. The molecule has 4 rings (SSSR count). The van der Waals surface area contributed by atoms with E-state index in [1.807, 2.05) is 18.2 Å². The Hall–Kier alpha value is -3.87. The van der Waals surface area contributed by atoms with E-state index in [9.17, 15) is 4.79 Å². The van der Waals surface area contributed by atoms with E-state index in [0.29, 0.717) is 0 Å². The Bertz CT molecular complexity index is 1190. The van der Waals surface area contributed by atoms with Gasteiger partial charge < -0.3 is 20.3 Å². The number of nitrogens with zero attached hydrogens (tertiary/aromatic N) is 3. The lowest BCUT2D eigenvalue weighted by atomic mass is 10.1. The van der Waals surface area contributed by atoms with Crippen molar-refractivity contribution in [2.24, 2.45) is 0 Å². The van der Waals surface area contributed by atoms with Crippen molar-refractivity contribution in [3.8, 4) is 11.3 Å². The first kappa shape index (κ1) is 22.3. The summed E-state index contributed by atoms with van der Waals surface area (Å²) >= 11 is 0. The third-order valence-corrected chi connectivity index (χ3v) is 5.64. The number of rotatable bonds is 11. The number of carboxylic acids is 1. The smallest absolute Gasteiger partial charge is 0.303 e. The topological polar surface area (TPSA) is 94.1 Å². The molecular formula is C26H29N5O2. The fraction of sp³-hybridized carbons (Fsp3) is 0.269. The Morgan fingerprint density at radius 2 is 1.82 bits per heavy atom. The third kappa shape index (κ3) is 5.49. The van der Waals surface area contributed by atoms with Crippen LogP contribution in [0.5, 0.6) is 0 Å². The normalized spacial score (nSPS) is 10.9. The number of carboxylic acid groups (broad SMARTS) is 1. The third-order valence-electron chi connectivity index (χ3n) is 5.64. The molecular weight excluding hydrogens is 414 g/mol. The molecule has 3 N–H and O–H groups in total. The number of unbranched alkanes of at least 4 members (excludes halogenated alkanes) is 2. The van der Waals surface area contributed by atoms with Crippen LogP contribution in [0.4, 0.5) is 17.2 Å². The van der Waals surface area contributed by atoms with Crippen molar-refractivity contribution in [3.05, 3.63) is 67.0 Å². The fourth-order valence-corrected chi connectivity index (χ4v) is 3.94. The predicted octanol–water partition coefficient (Wildman–Crippen LogP) is 5.84. The lowest BCUT2D eigenvalue weighted by Gasteiger charge is -2.22. The van der Waals surface area contributed by atoms with E-state index >= 15 is 0 Å². The number of aliphatic carboxylic acids is 1. The molecule has 0 unspecified atom stereocenters. The molecule has 2 heterocycles. The van der Waals surface area contributed by atoms with E-state index in [4.69, 9.17) is 5.11 Å². The molecule has 0 aliphatic rings. The number of carbonyl (C=O) groups is 1. The fourth-order valence-electron chi connectivity index (χ4n) is 3.94. The first-order valence-electron chi connectivity index (χ1n) is 11.4. The standard InChI is InChI=1S/C26H29N5O2/c1-2-31(21-9-5-3-6-10-21)26-22-17-23(30-25(22)28-18-29-26)19-12-14-20(15-13-19)27-16-8-4-7-11-24(32)33/h3,5-6,9-10,12-15,17-18,27H,2,4,7-8,11,16H2,1H3,(H,32,33)(H,28,29,30). The van der Waals surface area contributed by atoms with Crippen molar-refractivity contribution in [3.63, 3.8) is 0 Å². The van der Waals surface area contributed by atoms with Crippen molar-refractivity contribution in [1.82, 2.24) is 15.0 Å². The van der Waals surface area contributed by atoms with Crippen LogP contribution in [0.3, 0.4) is 0 Å². The van der Waals surface area contributed by atoms with Gasteiger partial charge in [-0.15, -0.1) is 0 Å². The largest absolute Gasteiger partial charge is 0.481 e. The Labute approximate surface area is 193 Å². The van der Waals surface area contributed by atoms with Gasteiger partial charge in [0, 0.05) is 36.6 Å². The van der Waals surface area contributed by atoms with Gasteiger partial charge in [0.15, 0.2) is 0 Å². The molecule has 170 valence electrons. The van der Waals surface area contributed by atoms with Gasteiger partial charge in [0.05, 0.1) is 5.39 Å². The monoisotopic (exact) mass is 443 g/mol. The number of aromatic amines is 1. The van der Waals surface area contributed by atoms with Crippen molar-refractivity contribution >= 4 is 34.2 Å². The molecule has 0 aliphatic carbocycles. The van der Waals surface area contributed by atoms with E-state index in [1.54, 1.807) is 6.33 Å². The summed E-state index contributed by atoms with van der Waals surface area (Å²) in [6.45, 7) is 3.75. The average Bonchev–Trinajstić information content (AvgIpc) is 3.28. The first-order chi connectivity index (χ1) is 16.2. The predicted molar refractivity (Wildman–Crippen MR) is 133 cm³/mol. The summed E-state index contributed by atoms with van der Waals surface area (Å²) in [4.78, 5) is 25.2. The molecule has 2 aromatic heterocycles. The van der Waals surface area contributed by atoms with Crippen LogP contribution in [-0.2, 0) is 4.79 Å². The number of fused-ring (bicyclic) bond motifs is 1. The molecule has 33 heavy (non-hydrogen) atoms. The first-order valence-corrected chi connectivity index (χ1v) is 11.4. The van der Waals surface area contributed by atoms with Crippen LogP contribution >= 0.6 is 0 Å². The molecule has 7 nitrogen and oxygen atoms in total. The Balaban J connectivity index is 1.47. The summed E-state index contributed by atoms with van der Waals surface area (Å²) in [6, 6.07) is 20.7. The summed E-state index contributed by atoms with van der Waals surface area (Å²) in [6.07, 6.45) is 4.43. The number of benzene rings is 2. The zero-order valence-electron chi connectivity index (χ0n) is 18.8. The number of hydrogen-bond acceptors (Lipinski definition) is 5. The molecule has 4 aromatic rings. The van der Waals surface area contributed by atoms with Crippen molar-refractivity contribution in [1.29, 1.82) is 0 Å². The molecule has 0 atom stereocenters. The zero-order valence-corrected chi connectivity index (χ0v) is 18.8. The van der Waals surface area contributed by atoms with E-state index in [1.165, 1.54) is 0 Å². The second kappa shape index (κ2) is 10.6. The van der Waals surface area contributed by atoms with Gasteiger partial charge in [-0.1, -0.05) is 36.8 Å². The van der Waals surface area contributed by atoms with Crippen LogP contribution in [0, 0.1) is 0 Å². The molecule has 2 aromatic carbocycles. The van der Waals surface area contributed by atoms with Crippen LogP contribution in [0.15, 0.2) is 67.0 Å². The van der Waals surface area contributed by atoms with Crippen LogP contribution in [-0.4, -0.2) is 39.1 Å². The molecule has 0 fully saturated rings. The summed E-state index contributed by atoms with van der Waals surface area (Å²) in [7, 11) is 0. The molecule has 0 spiro atoms. The van der Waals surface area contributed by atoms with E-state index in [0.717, 1.165) is 71.8 Å². The lowest BCUT2D eigenvalue weighted by molar-refractivity contribution is -0.137. The maximum absolute atomic E-state index is 10.6. The van der Waals surface area contributed by atoms with Gasteiger partial charge in [-0.25, -0.2) is 9.97 Å². The number of nitrogens with one attached hydrogen (secondary N) is 2. The number of hydrogen-bond donors (Lipinski definition) is 3. The van der Waals surface area contributed by atoms with E-state index in [-0.39, 0.29) is 6.42 Å². The summed E-state index contributed by atoms with van der Waals surface area (Å²) in [5.74, 6) is 0.161. The lowest BCUT2D eigenvalue weighted by Crippen LogP contribution is -2.17. The highest BCUT2D eigenvalue weighted by Crippen LogP contribution is 2.32. The van der Waals surface area contributed by atoms with Crippen molar-refractivity contribution in [2.45, 2.75) is 32.6 Å². The van der Waals surface area contributed by atoms with E-state index in [2.05, 4.69) is 74.6 Å². The van der Waals surface area contributed by atoms with Crippen LogP contribution in [0.2, 0.25) is 0 Å². The minimum absolute atomic E-state index is 0.243. The van der Waals surface area contributed by atoms with Crippen LogP contribution in [0.1, 0.15) is 32.6 Å². The van der Waals surface area contributed by atoms with Gasteiger partial charge in [0.2, 0.25) is 0 Å². The highest BCUT2D eigenvalue weighted by atomic mass is 16.4. The van der Waals surface area contributed by atoms with E-state index < -0.39 is 5.97 Å². The Kier molecular flexibility index (Phi) is 7.19. The summed E-state index contributed by atoms with van der Waals surface area (Å²) < 4.78 is 0. The quantitative estimate of drug-likeness (QED) is 0.252. The molecule has 0 aliphatic heterocycles. The minimum Gasteiger partial charge on any atom is -0.481 e. The molecule has 0 radical (unpaired) electrons. The molecule has 0 bridgehead atoms. The van der Waals surface area contributed by atoms with Crippen molar-refractivity contribution < 1.29 is 9.90 Å². The molecule has 0 amide bonds. The Morgan fingerprint density at radius 1 is 1.03 bits per heavy atom. The van der Waals surface area contributed by atoms with Crippen molar-refractivity contribution in [2.75, 3.05) is 23.3 Å². The number of aromatic nitrogens is 3. The van der Waals surface area contributed by atoms with Crippen LogP contribution in [0.25, 0.3) is 22.3 Å². The SMILES string of the molecule is CCN(c1ccccc1)c1ncnc2[nH]c(-c3ccc(NCCCCCC(=O)O)cc3)cc12. The zero-order chi connectivity index (χ0) is 23.0. The van der Waals surface area contributed by atoms with Gasteiger partial charge in [-0.05, 0) is 55.7 Å². The number of para-hydroxylation sites is 1.